The first kappa shape index (κ1) is 39.6. The van der Waals surface area contributed by atoms with E-state index in [2.05, 4.69) is 82.5 Å². The van der Waals surface area contributed by atoms with E-state index in [4.69, 9.17) is 0 Å². The molecule has 4 rings (SSSR count). The third kappa shape index (κ3) is 11.4. The smallest absolute Gasteiger partial charge is 0.251 e. The monoisotopic (exact) mass is 730 g/mol. The van der Waals surface area contributed by atoms with Crippen molar-refractivity contribution in [2.45, 2.75) is 110 Å². The minimum absolute atomic E-state index is 0.124. The van der Waals surface area contributed by atoms with Gasteiger partial charge in [0.05, 0.1) is 11.5 Å². The van der Waals surface area contributed by atoms with Gasteiger partial charge in [0.2, 0.25) is 11.8 Å². The van der Waals surface area contributed by atoms with Crippen LogP contribution in [0.3, 0.4) is 0 Å². The average Bonchev–Trinajstić information content (AvgIpc) is 3.04. The van der Waals surface area contributed by atoms with E-state index in [-0.39, 0.29) is 46.3 Å². The lowest BCUT2D eigenvalue weighted by atomic mass is 9.90. The van der Waals surface area contributed by atoms with Crippen LogP contribution in [0, 0.1) is 13.8 Å². The summed E-state index contributed by atoms with van der Waals surface area (Å²) in [6, 6.07) is 11.6. The number of aryl methyl sites for hydroxylation is 4. The minimum atomic E-state index is -0.212. The fourth-order valence-electron chi connectivity index (χ4n) is 5.97. The molecule has 0 aliphatic heterocycles. The zero-order valence-electron chi connectivity index (χ0n) is 30.9. The van der Waals surface area contributed by atoms with E-state index in [0.29, 0.717) is 29.6 Å². The van der Waals surface area contributed by atoms with Crippen molar-refractivity contribution in [3.8, 4) is 0 Å². The Balaban J connectivity index is 1.47. The number of hydrogen-bond donors (Lipinski definition) is 4. The Morgan fingerprint density at radius 3 is 1.41 bits per heavy atom. The summed E-state index contributed by atoms with van der Waals surface area (Å²) in [5, 5.41) is 7.14. The van der Waals surface area contributed by atoms with Gasteiger partial charge in [-0.1, -0.05) is 102 Å². The number of thioether (sulfide) groups is 2. The van der Waals surface area contributed by atoms with Crippen LogP contribution in [0.2, 0.25) is 0 Å². The Bertz CT molecular complexity index is 1840. The largest absolute Gasteiger partial charge is 0.325 e. The van der Waals surface area contributed by atoms with Crippen LogP contribution < -0.4 is 21.8 Å². The summed E-state index contributed by atoms with van der Waals surface area (Å²) >= 11 is 2.44. The number of nitrogens with one attached hydrogen (secondary N) is 4. The van der Waals surface area contributed by atoms with Crippen LogP contribution in [0.25, 0.3) is 0 Å². The number of rotatable bonds is 16. The molecule has 4 N–H and O–H groups in total. The first-order valence-electron chi connectivity index (χ1n) is 17.6. The highest BCUT2D eigenvalue weighted by Crippen LogP contribution is 2.33. The highest BCUT2D eigenvalue weighted by molar-refractivity contribution is 8.00. The standard InChI is InChI=1S/C39H50N6O4S2/c1-9-11-28-18-32(46)44-38(40-28)50-20-34(48)42-36-24(7)13-26(16-30(36)22(3)4)15-27-14-25(8)37(31(17-27)23(5)6)43-35(49)21-51-39-41-29(12-10-2)19-33(47)45-39/h13-14,16-19,22-23H,9-12,15,20-21H2,1-8H3,(H,42,48)(H,43,49)(H,40,44,46)(H,41,45,47). The van der Waals surface area contributed by atoms with E-state index >= 15 is 0 Å². The number of nitrogens with zero attached hydrogens (tertiary/aromatic N) is 2. The molecule has 0 aliphatic carbocycles. The van der Waals surface area contributed by atoms with Crippen molar-refractivity contribution in [3.63, 3.8) is 0 Å². The second kappa shape index (κ2) is 18.4. The predicted octanol–water partition coefficient (Wildman–Crippen LogP) is 7.67. The molecule has 0 saturated carbocycles. The molecule has 2 amide bonds. The van der Waals surface area contributed by atoms with Gasteiger partial charge >= 0.3 is 0 Å². The molecule has 0 bridgehead atoms. The van der Waals surface area contributed by atoms with Crippen LogP contribution in [0.4, 0.5) is 11.4 Å². The molecule has 0 radical (unpaired) electrons. The first-order valence-corrected chi connectivity index (χ1v) is 19.6. The van der Waals surface area contributed by atoms with Gasteiger partial charge in [0.15, 0.2) is 10.3 Å². The third-order valence-corrected chi connectivity index (χ3v) is 10.0. The highest BCUT2D eigenvalue weighted by atomic mass is 32.2. The maximum Gasteiger partial charge on any atom is 0.251 e. The summed E-state index contributed by atoms with van der Waals surface area (Å²) in [5.41, 5.74) is 8.97. The molecular formula is C39H50N6O4S2. The maximum atomic E-state index is 13.1. The van der Waals surface area contributed by atoms with E-state index in [1.807, 2.05) is 27.7 Å². The Kier molecular flexibility index (Phi) is 14.3. The highest BCUT2D eigenvalue weighted by Gasteiger charge is 2.18. The minimum Gasteiger partial charge on any atom is -0.325 e. The molecule has 0 aliphatic rings. The number of anilines is 2. The number of hydrogen-bond acceptors (Lipinski definition) is 8. The summed E-state index contributed by atoms with van der Waals surface area (Å²) in [5.74, 6) is 0.257. The topological polar surface area (TPSA) is 150 Å². The van der Waals surface area contributed by atoms with E-state index in [9.17, 15) is 19.2 Å². The van der Waals surface area contributed by atoms with Crippen LogP contribution in [0.1, 0.15) is 111 Å². The van der Waals surface area contributed by atoms with Crippen LogP contribution in [0.15, 0.2) is 56.3 Å². The normalized spacial score (nSPS) is 11.3. The van der Waals surface area contributed by atoms with Crippen molar-refractivity contribution >= 4 is 46.7 Å². The van der Waals surface area contributed by atoms with Gasteiger partial charge in [-0.2, -0.15) is 0 Å². The van der Waals surface area contributed by atoms with E-state index in [0.717, 1.165) is 69.0 Å². The van der Waals surface area contributed by atoms with Gasteiger partial charge in [-0.25, -0.2) is 9.97 Å². The number of carbonyl (C=O) groups excluding carboxylic acids is 2. The summed E-state index contributed by atoms with van der Waals surface area (Å²) in [4.78, 5) is 64.7. The molecule has 2 heterocycles. The van der Waals surface area contributed by atoms with E-state index < -0.39 is 0 Å². The molecule has 10 nitrogen and oxygen atoms in total. The molecule has 272 valence electrons. The van der Waals surface area contributed by atoms with Gasteiger partial charge in [-0.05, 0) is 78.3 Å². The van der Waals surface area contributed by atoms with E-state index in [1.54, 1.807) is 0 Å². The summed E-state index contributed by atoms with van der Waals surface area (Å²) in [6.45, 7) is 16.5. The molecule has 51 heavy (non-hydrogen) atoms. The zero-order valence-corrected chi connectivity index (χ0v) is 32.5. The number of aromatic amines is 2. The van der Waals surface area contributed by atoms with Gasteiger partial charge in [-0.15, -0.1) is 0 Å². The van der Waals surface area contributed by atoms with E-state index in [1.165, 1.54) is 35.7 Å². The summed E-state index contributed by atoms with van der Waals surface area (Å²) < 4.78 is 0. The zero-order chi connectivity index (χ0) is 37.2. The summed E-state index contributed by atoms with van der Waals surface area (Å²) in [6.07, 6.45) is 3.88. The molecule has 0 fully saturated rings. The number of aromatic nitrogens is 4. The van der Waals surface area contributed by atoms with Crippen molar-refractivity contribution in [3.05, 3.63) is 102 Å². The number of H-pyrrole nitrogens is 2. The quantitative estimate of drug-likeness (QED) is 0.0678. The van der Waals surface area contributed by atoms with Gasteiger partial charge in [0, 0.05) is 34.9 Å². The van der Waals surface area contributed by atoms with Gasteiger partial charge in [-0.3, -0.25) is 19.2 Å². The first-order chi connectivity index (χ1) is 24.3. The summed E-state index contributed by atoms with van der Waals surface area (Å²) in [7, 11) is 0. The van der Waals surface area contributed by atoms with Crippen molar-refractivity contribution in [2.75, 3.05) is 22.1 Å². The van der Waals surface area contributed by atoms with Gasteiger partial charge in [0.1, 0.15) is 0 Å². The fourth-order valence-corrected chi connectivity index (χ4v) is 7.35. The predicted molar refractivity (Wildman–Crippen MR) is 210 cm³/mol. The molecule has 4 aromatic rings. The second-order valence-corrected chi connectivity index (χ2v) is 15.4. The Morgan fingerprint density at radius 1 is 0.667 bits per heavy atom. The van der Waals surface area contributed by atoms with Gasteiger partial charge < -0.3 is 20.6 Å². The van der Waals surface area contributed by atoms with Crippen LogP contribution in [-0.4, -0.2) is 43.3 Å². The molecule has 0 spiro atoms. The molecule has 2 aromatic heterocycles. The third-order valence-electron chi connectivity index (χ3n) is 8.27. The molecule has 2 aromatic carbocycles. The second-order valence-electron chi connectivity index (χ2n) is 13.5. The molecular weight excluding hydrogens is 681 g/mol. The van der Waals surface area contributed by atoms with Crippen LogP contribution in [0.5, 0.6) is 0 Å². The number of carbonyl (C=O) groups is 2. The Hall–Kier alpha value is -4.16. The van der Waals surface area contributed by atoms with Crippen molar-refractivity contribution < 1.29 is 9.59 Å². The Labute approximate surface area is 308 Å². The number of amides is 2. The Morgan fingerprint density at radius 2 is 1.06 bits per heavy atom. The lowest BCUT2D eigenvalue weighted by molar-refractivity contribution is -0.114. The van der Waals surface area contributed by atoms with Gasteiger partial charge in [0.25, 0.3) is 11.1 Å². The SMILES string of the molecule is CCCc1cc(=O)[nH]c(SCC(=O)Nc2c(C)cc(Cc3cc(C)c(NC(=O)CSc4nc(CCC)cc(=O)[nH]4)c(C(C)C)c3)cc2C(C)C)n1. The molecule has 0 atom stereocenters. The average molecular weight is 731 g/mol. The lowest BCUT2D eigenvalue weighted by Crippen LogP contribution is -2.18. The van der Waals surface area contributed by atoms with Crippen molar-refractivity contribution in [1.82, 2.24) is 19.9 Å². The molecule has 12 heteroatoms. The van der Waals surface area contributed by atoms with Crippen molar-refractivity contribution in [2.24, 2.45) is 0 Å². The number of benzene rings is 2. The maximum absolute atomic E-state index is 13.1. The molecule has 0 unspecified atom stereocenters. The lowest BCUT2D eigenvalue weighted by Gasteiger charge is -2.21. The van der Waals surface area contributed by atoms with Crippen molar-refractivity contribution in [1.29, 1.82) is 0 Å². The van der Waals surface area contributed by atoms with Crippen LogP contribution >= 0.6 is 23.5 Å². The van der Waals surface area contributed by atoms with Crippen LogP contribution in [-0.2, 0) is 28.9 Å². The molecule has 0 saturated heterocycles. The fraction of sp³-hybridized carbons (Fsp3) is 0.436.